The summed E-state index contributed by atoms with van der Waals surface area (Å²) in [6.45, 7) is 1.95. The summed E-state index contributed by atoms with van der Waals surface area (Å²) in [5.41, 5.74) is 2.20. The van der Waals surface area contributed by atoms with Crippen molar-refractivity contribution in [3.63, 3.8) is 0 Å². The molecule has 4 heteroatoms. The first-order valence-corrected chi connectivity index (χ1v) is 6.10. The van der Waals surface area contributed by atoms with Gasteiger partial charge in [0.1, 0.15) is 11.5 Å². The third-order valence-corrected chi connectivity index (χ3v) is 3.32. The van der Waals surface area contributed by atoms with Crippen LogP contribution in [0.3, 0.4) is 0 Å². The lowest BCUT2D eigenvalue weighted by Crippen LogP contribution is -2.17. The molecule has 1 heterocycles. The van der Waals surface area contributed by atoms with Gasteiger partial charge in [-0.25, -0.2) is 0 Å². The van der Waals surface area contributed by atoms with Crippen molar-refractivity contribution in [1.82, 2.24) is 5.32 Å². The fourth-order valence-corrected chi connectivity index (χ4v) is 2.25. The molecule has 96 valence electrons. The number of aryl methyl sites for hydroxylation is 1. The van der Waals surface area contributed by atoms with Gasteiger partial charge >= 0.3 is 0 Å². The zero-order chi connectivity index (χ0) is 13.1. The molecule has 0 bridgehead atoms. The highest BCUT2D eigenvalue weighted by Crippen LogP contribution is 2.31. The van der Waals surface area contributed by atoms with Crippen molar-refractivity contribution in [3.8, 4) is 5.75 Å². The van der Waals surface area contributed by atoms with E-state index in [4.69, 9.17) is 20.8 Å². The van der Waals surface area contributed by atoms with Gasteiger partial charge in [-0.1, -0.05) is 17.7 Å². The van der Waals surface area contributed by atoms with Crippen LogP contribution in [0.2, 0.25) is 5.02 Å². The van der Waals surface area contributed by atoms with E-state index in [1.54, 1.807) is 13.4 Å². The van der Waals surface area contributed by atoms with E-state index in [1.165, 1.54) is 0 Å². The SMILES string of the molecule is CNC(c1ccc(Cl)c(OC)c1)c1ccoc1C. The monoisotopic (exact) mass is 265 g/mol. The molecule has 0 fully saturated rings. The second kappa shape index (κ2) is 5.46. The van der Waals surface area contributed by atoms with Crippen LogP contribution in [0.15, 0.2) is 34.9 Å². The van der Waals surface area contributed by atoms with Gasteiger partial charge in [-0.05, 0) is 37.7 Å². The fraction of sp³-hybridized carbons (Fsp3) is 0.286. The van der Waals surface area contributed by atoms with Crippen LogP contribution in [0, 0.1) is 6.92 Å². The maximum Gasteiger partial charge on any atom is 0.137 e. The Morgan fingerprint density at radius 1 is 1.33 bits per heavy atom. The molecule has 18 heavy (non-hydrogen) atoms. The van der Waals surface area contributed by atoms with Gasteiger partial charge in [0.15, 0.2) is 0 Å². The molecule has 2 aromatic rings. The van der Waals surface area contributed by atoms with Crippen LogP contribution in [0.4, 0.5) is 0 Å². The van der Waals surface area contributed by atoms with E-state index in [0.29, 0.717) is 10.8 Å². The van der Waals surface area contributed by atoms with Gasteiger partial charge < -0.3 is 14.5 Å². The Morgan fingerprint density at radius 3 is 2.67 bits per heavy atom. The van der Waals surface area contributed by atoms with Crippen molar-refractivity contribution in [2.45, 2.75) is 13.0 Å². The maximum absolute atomic E-state index is 6.04. The highest BCUT2D eigenvalue weighted by Gasteiger charge is 2.17. The number of ether oxygens (including phenoxy) is 1. The molecular formula is C14H16ClNO2. The van der Waals surface area contributed by atoms with Crippen molar-refractivity contribution in [3.05, 3.63) is 52.4 Å². The van der Waals surface area contributed by atoms with Crippen molar-refractivity contribution in [2.24, 2.45) is 0 Å². The molecule has 0 spiro atoms. The first-order valence-electron chi connectivity index (χ1n) is 5.72. The quantitative estimate of drug-likeness (QED) is 0.918. The van der Waals surface area contributed by atoms with Gasteiger partial charge in [0, 0.05) is 5.56 Å². The van der Waals surface area contributed by atoms with E-state index in [0.717, 1.165) is 16.9 Å². The summed E-state index contributed by atoms with van der Waals surface area (Å²) in [7, 11) is 3.53. The Hall–Kier alpha value is -1.45. The van der Waals surface area contributed by atoms with Gasteiger partial charge in [-0.2, -0.15) is 0 Å². The molecule has 1 N–H and O–H groups in total. The minimum atomic E-state index is 0.0647. The summed E-state index contributed by atoms with van der Waals surface area (Å²) in [6, 6.07) is 7.80. The molecule has 0 aliphatic rings. The van der Waals surface area contributed by atoms with Crippen LogP contribution in [0.1, 0.15) is 22.9 Å². The summed E-state index contributed by atoms with van der Waals surface area (Å²) in [4.78, 5) is 0. The molecule has 0 aliphatic carbocycles. The number of benzene rings is 1. The van der Waals surface area contributed by atoms with E-state index >= 15 is 0 Å². The minimum absolute atomic E-state index is 0.0647. The first kappa shape index (κ1) is 13.0. The van der Waals surface area contributed by atoms with Crippen LogP contribution in [0.25, 0.3) is 0 Å². The summed E-state index contributed by atoms with van der Waals surface area (Å²) < 4.78 is 10.6. The third kappa shape index (κ3) is 2.37. The number of hydrogen-bond acceptors (Lipinski definition) is 3. The Kier molecular flexibility index (Phi) is 3.94. The molecule has 0 amide bonds. The van der Waals surface area contributed by atoms with Crippen LogP contribution >= 0.6 is 11.6 Å². The number of nitrogens with one attached hydrogen (secondary N) is 1. The second-order valence-electron chi connectivity index (χ2n) is 4.05. The summed E-state index contributed by atoms with van der Waals surface area (Å²) in [6.07, 6.45) is 1.70. The Balaban J connectivity index is 2.42. The number of rotatable bonds is 4. The van der Waals surface area contributed by atoms with E-state index in [1.807, 2.05) is 38.2 Å². The largest absolute Gasteiger partial charge is 0.495 e. The topological polar surface area (TPSA) is 34.4 Å². The molecule has 1 aromatic carbocycles. The molecule has 0 radical (unpaired) electrons. The number of furan rings is 1. The lowest BCUT2D eigenvalue weighted by Gasteiger charge is -2.17. The summed E-state index contributed by atoms with van der Waals surface area (Å²) in [5, 5.41) is 3.88. The Labute approximate surface area is 112 Å². The average Bonchev–Trinajstić information content (AvgIpc) is 2.79. The van der Waals surface area contributed by atoms with Gasteiger partial charge in [0.05, 0.1) is 24.4 Å². The first-order chi connectivity index (χ1) is 8.67. The van der Waals surface area contributed by atoms with Crippen molar-refractivity contribution in [1.29, 1.82) is 0 Å². The summed E-state index contributed by atoms with van der Waals surface area (Å²) >= 11 is 6.04. The van der Waals surface area contributed by atoms with E-state index in [2.05, 4.69) is 5.32 Å². The van der Waals surface area contributed by atoms with E-state index < -0.39 is 0 Å². The Morgan fingerprint density at radius 2 is 2.11 bits per heavy atom. The number of hydrogen-bond donors (Lipinski definition) is 1. The predicted molar refractivity (Wildman–Crippen MR) is 72.4 cm³/mol. The molecule has 1 atom stereocenters. The molecule has 3 nitrogen and oxygen atoms in total. The van der Waals surface area contributed by atoms with Gasteiger partial charge in [-0.15, -0.1) is 0 Å². The zero-order valence-electron chi connectivity index (χ0n) is 10.7. The van der Waals surface area contributed by atoms with Crippen LogP contribution in [-0.2, 0) is 0 Å². The van der Waals surface area contributed by atoms with Gasteiger partial charge in [0.25, 0.3) is 0 Å². The second-order valence-corrected chi connectivity index (χ2v) is 4.45. The molecule has 0 saturated heterocycles. The predicted octanol–water partition coefficient (Wildman–Crippen LogP) is 3.56. The minimum Gasteiger partial charge on any atom is -0.495 e. The van der Waals surface area contributed by atoms with E-state index in [9.17, 15) is 0 Å². The van der Waals surface area contributed by atoms with Crippen molar-refractivity contribution in [2.75, 3.05) is 14.2 Å². The van der Waals surface area contributed by atoms with E-state index in [-0.39, 0.29) is 6.04 Å². The Bertz CT molecular complexity index is 536. The van der Waals surface area contributed by atoms with Gasteiger partial charge in [0.2, 0.25) is 0 Å². The molecule has 0 saturated carbocycles. The lowest BCUT2D eigenvalue weighted by molar-refractivity contribution is 0.414. The maximum atomic E-state index is 6.04. The molecule has 1 unspecified atom stereocenters. The summed E-state index contributed by atoms with van der Waals surface area (Å²) in [5.74, 6) is 1.58. The molecular weight excluding hydrogens is 250 g/mol. The van der Waals surface area contributed by atoms with Crippen LogP contribution in [-0.4, -0.2) is 14.2 Å². The highest BCUT2D eigenvalue weighted by molar-refractivity contribution is 6.32. The third-order valence-electron chi connectivity index (χ3n) is 3.01. The number of halogens is 1. The van der Waals surface area contributed by atoms with Crippen molar-refractivity contribution < 1.29 is 9.15 Å². The highest BCUT2D eigenvalue weighted by atomic mass is 35.5. The lowest BCUT2D eigenvalue weighted by atomic mass is 9.99. The van der Waals surface area contributed by atoms with Gasteiger partial charge in [-0.3, -0.25) is 0 Å². The fourth-order valence-electron chi connectivity index (χ4n) is 2.05. The molecule has 0 aliphatic heterocycles. The van der Waals surface area contributed by atoms with Crippen molar-refractivity contribution >= 4 is 11.6 Å². The zero-order valence-corrected chi connectivity index (χ0v) is 11.4. The number of methoxy groups -OCH3 is 1. The average molecular weight is 266 g/mol. The van der Waals surface area contributed by atoms with Crippen LogP contribution in [0.5, 0.6) is 5.75 Å². The smallest absolute Gasteiger partial charge is 0.137 e. The molecule has 2 rings (SSSR count). The standard InChI is InChI=1S/C14H16ClNO2/c1-9-11(6-7-18-9)14(16-2)10-4-5-12(15)13(8-10)17-3/h4-8,14,16H,1-3H3. The normalized spacial score (nSPS) is 12.4. The van der Waals surface area contributed by atoms with Crippen LogP contribution < -0.4 is 10.1 Å². The molecule has 1 aromatic heterocycles.